The largest absolute Gasteiger partial charge is 0.444 e. The van der Waals surface area contributed by atoms with Crippen LogP contribution in [0.25, 0.3) is 10.9 Å². The highest BCUT2D eigenvalue weighted by Crippen LogP contribution is 2.34. The number of benzene rings is 1. The van der Waals surface area contributed by atoms with E-state index in [4.69, 9.17) is 9.47 Å². The van der Waals surface area contributed by atoms with E-state index < -0.39 is 29.5 Å². The van der Waals surface area contributed by atoms with E-state index in [1.165, 1.54) is 15.6 Å². The van der Waals surface area contributed by atoms with E-state index in [0.29, 0.717) is 23.5 Å². The maximum absolute atomic E-state index is 13.7. The van der Waals surface area contributed by atoms with Gasteiger partial charge in [0.05, 0.1) is 30.8 Å². The molecule has 1 N–H and O–H groups in total. The molecule has 0 aliphatic carbocycles. The Balaban J connectivity index is 1.52. The Morgan fingerprint density at radius 1 is 1.14 bits per heavy atom. The van der Waals surface area contributed by atoms with Gasteiger partial charge >= 0.3 is 12.3 Å². The summed E-state index contributed by atoms with van der Waals surface area (Å²) in [6.07, 6.45) is -4.47. The molecule has 0 saturated carbocycles. The zero-order valence-corrected chi connectivity index (χ0v) is 23.6. The van der Waals surface area contributed by atoms with Crippen LogP contribution in [-0.2, 0) is 42.5 Å². The molecule has 4 aromatic rings. The van der Waals surface area contributed by atoms with Crippen LogP contribution in [0.15, 0.2) is 42.6 Å². The fraction of sp³-hybridized carbons (Fsp3) is 0.310. The van der Waals surface area contributed by atoms with E-state index >= 15 is 0 Å². The number of ether oxygens (including phenoxy) is 2. The van der Waals surface area contributed by atoms with E-state index in [9.17, 15) is 28.0 Å². The van der Waals surface area contributed by atoms with Crippen LogP contribution in [0.1, 0.15) is 59.2 Å². The molecule has 0 bridgehead atoms. The molecule has 0 radical (unpaired) electrons. The van der Waals surface area contributed by atoms with Crippen molar-refractivity contribution in [3.8, 4) is 6.07 Å². The fourth-order valence-electron chi connectivity index (χ4n) is 4.64. The van der Waals surface area contributed by atoms with Gasteiger partial charge in [0.2, 0.25) is 0 Å². The lowest BCUT2D eigenvalue weighted by atomic mass is 10.0. The van der Waals surface area contributed by atoms with Gasteiger partial charge in [0.1, 0.15) is 29.0 Å². The molecular weight excluding hydrogens is 567 g/mol. The number of carbonyl (C=O) groups excluding carboxylic acids is 2. The number of rotatable bonds is 5. The quantitative estimate of drug-likeness (QED) is 0.322. The summed E-state index contributed by atoms with van der Waals surface area (Å²) in [6, 6.07) is 10.5. The van der Waals surface area contributed by atoms with Gasteiger partial charge in [0, 0.05) is 30.3 Å². The molecule has 222 valence electrons. The molecule has 3 aromatic heterocycles. The normalized spacial score (nSPS) is 13.0. The summed E-state index contributed by atoms with van der Waals surface area (Å²) in [7, 11) is 1.54. The number of nitrogens with one attached hydrogen (secondary N) is 1. The number of hydrogen-bond acceptors (Lipinski definition) is 8. The van der Waals surface area contributed by atoms with E-state index in [1.807, 2.05) is 12.1 Å². The average molecular weight is 594 g/mol. The monoisotopic (exact) mass is 593 g/mol. The molecule has 43 heavy (non-hydrogen) atoms. The van der Waals surface area contributed by atoms with Crippen LogP contribution >= 0.6 is 0 Å². The third kappa shape index (κ3) is 6.26. The molecule has 0 fully saturated rings. The number of pyridine rings is 2. The Hall–Kier alpha value is -5.03. The number of amides is 2. The van der Waals surface area contributed by atoms with Crippen molar-refractivity contribution in [1.82, 2.24) is 19.7 Å². The number of halogens is 3. The predicted octanol–water partition coefficient (Wildman–Crippen LogP) is 5.48. The van der Waals surface area contributed by atoms with Gasteiger partial charge in [0.15, 0.2) is 5.69 Å². The van der Waals surface area contributed by atoms with Gasteiger partial charge in [0.25, 0.3) is 5.91 Å². The minimum Gasteiger partial charge on any atom is -0.444 e. The zero-order valence-electron chi connectivity index (χ0n) is 23.6. The second-order valence-corrected chi connectivity index (χ2v) is 10.8. The smallest absolute Gasteiger partial charge is 0.433 e. The number of nitriles is 1. The highest BCUT2D eigenvalue weighted by Gasteiger charge is 2.33. The molecular formula is C29H26F3N7O4. The van der Waals surface area contributed by atoms with Crippen LogP contribution in [0.3, 0.4) is 0 Å². The van der Waals surface area contributed by atoms with Crippen LogP contribution in [0, 0.1) is 11.3 Å². The SMILES string of the molecule is Cn1nc(C#N)cc1N(Cc1ccc2c3c(c(NC(=O)OC(C)(C)C)nc2c1)COC3)C(=O)c1ccc(C(F)(F)F)nc1. The predicted molar refractivity (Wildman–Crippen MR) is 148 cm³/mol. The summed E-state index contributed by atoms with van der Waals surface area (Å²) in [5.74, 6) is -0.124. The first-order valence-electron chi connectivity index (χ1n) is 13.0. The van der Waals surface area contributed by atoms with Crippen molar-refractivity contribution in [2.45, 2.75) is 52.3 Å². The minimum atomic E-state index is -4.66. The summed E-state index contributed by atoms with van der Waals surface area (Å²) in [4.78, 5) is 35.5. The molecule has 1 aromatic carbocycles. The summed E-state index contributed by atoms with van der Waals surface area (Å²) < 4.78 is 51.5. The van der Waals surface area contributed by atoms with Crippen LogP contribution < -0.4 is 10.2 Å². The molecule has 0 unspecified atom stereocenters. The van der Waals surface area contributed by atoms with Gasteiger partial charge in [-0.05, 0) is 50.1 Å². The summed E-state index contributed by atoms with van der Waals surface area (Å²) in [5.41, 5.74) is 0.821. The lowest BCUT2D eigenvalue weighted by Crippen LogP contribution is -2.32. The number of nitrogens with zero attached hydrogens (tertiary/aromatic N) is 6. The highest BCUT2D eigenvalue weighted by molar-refractivity contribution is 6.05. The van der Waals surface area contributed by atoms with Crippen LogP contribution in [0.4, 0.5) is 29.6 Å². The number of aryl methyl sites for hydroxylation is 1. The van der Waals surface area contributed by atoms with Crippen LogP contribution in [0.2, 0.25) is 0 Å². The molecule has 11 nitrogen and oxygen atoms in total. The molecule has 0 atom stereocenters. The zero-order chi connectivity index (χ0) is 31.1. The summed E-state index contributed by atoms with van der Waals surface area (Å²) in [5, 5.41) is 16.9. The van der Waals surface area contributed by atoms with Crippen molar-refractivity contribution in [2.24, 2.45) is 7.05 Å². The number of aromatic nitrogens is 4. The molecule has 4 heterocycles. The van der Waals surface area contributed by atoms with Gasteiger partial charge in [-0.1, -0.05) is 12.1 Å². The topological polar surface area (TPSA) is 135 Å². The van der Waals surface area contributed by atoms with E-state index in [2.05, 4.69) is 20.4 Å². The maximum Gasteiger partial charge on any atom is 0.433 e. The Morgan fingerprint density at radius 3 is 2.51 bits per heavy atom. The fourth-order valence-corrected chi connectivity index (χ4v) is 4.64. The van der Waals surface area contributed by atoms with Crippen LogP contribution in [0.5, 0.6) is 0 Å². The Morgan fingerprint density at radius 2 is 1.88 bits per heavy atom. The number of carbonyl (C=O) groups is 2. The second-order valence-electron chi connectivity index (χ2n) is 10.8. The van der Waals surface area contributed by atoms with Crippen molar-refractivity contribution in [3.05, 3.63) is 76.2 Å². The molecule has 1 aliphatic heterocycles. The lowest BCUT2D eigenvalue weighted by molar-refractivity contribution is -0.141. The number of anilines is 2. The molecule has 5 rings (SSSR count). The molecule has 2 amide bonds. The minimum absolute atomic E-state index is 0.0504. The van der Waals surface area contributed by atoms with Gasteiger partial charge in [-0.15, -0.1) is 0 Å². The Kier molecular flexibility index (Phi) is 7.53. The molecule has 0 spiro atoms. The summed E-state index contributed by atoms with van der Waals surface area (Å²) in [6.45, 7) is 5.76. The van der Waals surface area contributed by atoms with Gasteiger partial charge in [-0.2, -0.15) is 23.5 Å². The number of hydrogen-bond donors (Lipinski definition) is 1. The summed E-state index contributed by atoms with van der Waals surface area (Å²) >= 11 is 0. The van der Waals surface area contributed by atoms with Gasteiger partial charge in [-0.25, -0.2) is 9.78 Å². The van der Waals surface area contributed by atoms with Crippen molar-refractivity contribution < 1.29 is 32.2 Å². The van der Waals surface area contributed by atoms with E-state index in [1.54, 1.807) is 40.0 Å². The van der Waals surface area contributed by atoms with Crippen LogP contribution in [-0.4, -0.2) is 37.3 Å². The molecule has 1 aliphatic rings. The van der Waals surface area contributed by atoms with Crippen molar-refractivity contribution in [3.63, 3.8) is 0 Å². The molecule has 0 saturated heterocycles. The molecule has 14 heteroatoms. The number of fused-ring (bicyclic) bond motifs is 3. The Bertz CT molecular complexity index is 1770. The van der Waals surface area contributed by atoms with Crippen molar-refractivity contribution >= 4 is 34.5 Å². The van der Waals surface area contributed by atoms with E-state index in [0.717, 1.165) is 34.8 Å². The van der Waals surface area contributed by atoms with Crippen molar-refractivity contribution in [1.29, 1.82) is 5.26 Å². The average Bonchev–Trinajstić information content (AvgIpc) is 3.57. The first-order chi connectivity index (χ1) is 20.2. The lowest BCUT2D eigenvalue weighted by Gasteiger charge is -2.23. The standard InChI is InChI=1S/C29H26F3N7O4/c1-28(2,3)43-27(41)36-25-21-15-42-14-20(21)19-7-5-16(9-22(19)35-25)13-39(24-10-18(11-33)37-38(24)4)26(40)17-6-8-23(34-12-17)29(30,31)32/h5-10,12H,13-15H2,1-4H3,(H,35,36,41). The van der Waals surface area contributed by atoms with E-state index in [-0.39, 0.29) is 30.2 Å². The Labute approximate surface area is 243 Å². The number of alkyl halides is 3. The highest BCUT2D eigenvalue weighted by atomic mass is 19.4. The van der Waals surface area contributed by atoms with Gasteiger partial charge < -0.3 is 9.47 Å². The third-order valence-corrected chi connectivity index (χ3v) is 6.51. The van der Waals surface area contributed by atoms with Crippen molar-refractivity contribution in [2.75, 3.05) is 10.2 Å². The third-order valence-electron chi connectivity index (χ3n) is 6.51. The maximum atomic E-state index is 13.7. The second kappa shape index (κ2) is 11.0. The first-order valence-corrected chi connectivity index (χ1v) is 13.0. The van der Waals surface area contributed by atoms with Gasteiger partial charge in [-0.3, -0.25) is 24.7 Å². The first kappa shape index (κ1) is 29.5.